The molecule has 0 spiro atoms. The van der Waals surface area contributed by atoms with E-state index in [-0.39, 0.29) is 6.61 Å². The first-order valence-electron chi connectivity index (χ1n) is 6.38. The molecule has 2 aromatic carbocycles. The summed E-state index contributed by atoms with van der Waals surface area (Å²) in [5, 5.41) is 13.2. The Labute approximate surface area is 127 Å². The highest BCUT2D eigenvalue weighted by atomic mass is 79.9. The van der Waals surface area contributed by atoms with Crippen LogP contribution in [0.25, 0.3) is 0 Å². The fourth-order valence-corrected chi connectivity index (χ4v) is 2.87. The van der Waals surface area contributed by atoms with E-state index in [4.69, 9.17) is 4.74 Å². The molecule has 0 heterocycles. The number of hydrogen-bond donors (Lipinski definition) is 2. The number of aliphatic hydroxyl groups is 1. The molecule has 2 N–H and O–H groups in total. The molecule has 0 aliphatic heterocycles. The molecular formula is C16H18BrNO2. The molecule has 1 unspecified atom stereocenters. The number of nitrogens with one attached hydrogen (secondary N) is 1. The van der Waals surface area contributed by atoms with E-state index in [0.717, 1.165) is 21.5 Å². The Morgan fingerprint density at radius 3 is 2.45 bits per heavy atom. The van der Waals surface area contributed by atoms with Crippen molar-refractivity contribution in [2.45, 2.75) is 12.5 Å². The van der Waals surface area contributed by atoms with Crippen LogP contribution in [-0.2, 0) is 5.54 Å². The van der Waals surface area contributed by atoms with Gasteiger partial charge >= 0.3 is 0 Å². The number of hydrogen-bond acceptors (Lipinski definition) is 3. The first-order valence-corrected chi connectivity index (χ1v) is 7.17. The van der Waals surface area contributed by atoms with Gasteiger partial charge < -0.3 is 15.2 Å². The van der Waals surface area contributed by atoms with Gasteiger partial charge in [0, 0.05) is 4.47 Å². The molecule has 106 valence electrons. The zero-order chi connectivity index (χ0) is 14.6. The van der Waals surface area contributed by atoms with E-state index in [0.29, 0.717) is 0 Å². The van der Waals surface area contributed by atoms with Crippen LogP contribution in [0.4, 0.5) is 5.69 Å². The van der Waals surface area contributed by atoms with Crippen molar-refractivity contribution in [3.8, 4) is 5.75 Å². The molecule has 0 saturated carbocycles. The third kappa shape index (κ3) is 2.97. The molecule has 0 fully saturated rings. The lowest BCUT2D eigenvalue weighted by Crippen LogP contribution is -2.36. The molecule has 20 heavy (non-hydrogen) atoms. The van der Waals surface area contributed by atoms with Gasteiger partial charge in [0.1, 0.15) is 5.75 Å². The average Bonchev–Trinajstić information content (AvgIpc) is 2.48. The maximum absolute atomic E-state index is 9.86. The minimum absolute atomic E-state index is 0.0341. The highest BCUT2D eigenvalue weighted by Crippen LogP contribution is 2.34. The molecule has 0 aliphatic rings. The van der Waals surface area contributed by atoms with Crippen molar-refractivity contribution >= 4 is 21.6 Å². The standard InChI is InChI=1S/C16H18BrNO2/c1-16(11-19,12-7-3-4-8-13(12)17)18-14-9-5-6-10-15(14)20-2/h3-10,18-19H,11H2,1-2H3. The van der Waals surface area contributed by atoms with Crippen LogP contribution < -0.4 is 10.1 Å². The van der Waals surface area contributed by atoms with Gasteiger partial charge in [-0.1, -0.05) is 46.3 Å². The largest absolute Gasteiger partial charge is 0.495 e. The number of ether oxygens (including phenoxy) is 1. The summed E-state index contributed by atoms with van der Waals surface area (Å²) in [6.45, 7) is 1.92. The Hall–Kier alpha value is -1.52. The monoisotopic (exact) mass is 335 g/mol. The molecule has 3 nitrogen and oxygen atoms in total. The van der Waals surface area contributed by atoms with Crippen LogP contribution in [0.5, 0.6) is 5.75 Å². The molecule has 0 saturated heterocycles. The van der Waals surface area contributed by atoms with Gasteiger partial charge in [0.15, 0.2) is 0 Å². The first-order chi connectivity index (χ1) is 9.60. The van der Waals surface area contributed by atoms with E-state index in [1.165, 1.54) is 0 Å². The van der Waals surface area contributed by atoms with Crippen molar-refractivity contribution in [2.75, 3.05) is 19.0 Å². The number of aliphatic hydroxyl groups excluding tert-OH is 1. The molecule has 1 atom stereocenters. The van der Waals surface area contributed by atoms with E-state index in [1.54, 1.807) is 7.11 Å². The summed E-state index contributed by atoms with van der Waals surface area (Å²) in [6.07, 6.45) is 0. The fourth-order valence-electron chi connectivity index (χ4n) is 2.15. The van der Waals surface area contributed by atoms with Crippen LogP contribution in [-0.4, -0.2) is 18.8 Å². The van der Waals surface area contributed by atoms with E-state index < -0.39 is 5.54 Å². The summed E-state index contributed by atoms with van der Waals surface area (Å²) >= 11 is 3.54. The van der Waals surface area contributed by atoms with Crippen molar-refractivity contribution < 1.29 is 9.84 Å². The molecule has 0 bridgehead atoms. The predicted molar refractivity (Wildman–Crippen MR) is 85.2 cm³/mol. The second-order valence-electron chi connectivity index (χ2n) is 4.80. The summed E-state index contributed by atoms with van der Waals surface area (Å²) in [6, 6.07) is 15.5. The maximum Gasteiger partial charge on any atom is 0.141 e. The van der Waals surface area contributed by atoms with Gasteiger partial charge in [-0.2, -0.15) is 0 Å². The van der Waals surface area contributed by atoms with Gasteiger partial charge in [0.05, 0.1) is 24.9 Å². The van der Waals surface area contributed by atoms with Gasteiger partial charge in [0.2, 0.25) is 0 Å². The Balaban J connectivity index is 2.40. The lowest BCUT2D eigenvalue weighted by atomic mass is 9.92. The van der Waals surface area contributed by atoms with Crippen LogP contribution >= 0.6 is 15.9 Å². The topological polar surface area (TPSA) is 41.5 Å². The van der Waals surface area contributed by atoms with Gasteiger partial charge in [-0.3, -0.25) is 0 Å². The summed E-state index contributed by atoms with van der Waals surface area (Å²) in [5.41, 5.74) is 1.24. The molecule has 0 aliphatic carbocycles. The summed E-state index contributed by atoms with van der Waals surface area (Å²) in [7, 11) is 1.63. The van der Waals surface area contributed by atoms with Gasteiger partial charge in [-0.05, 0) is 30.7 Å². The van der Waals surface area contributed by atoms with Crippen molar-refractivity contribution in [1.29, 1.82) is 0 Å². The zero-order valence-corrected chi connectivity index (χ0v) is 13.1. The molecule has 2 rings (SSSR count). The van der Waals surface area contributed by atoms with E-state index in [2.05, 4.69) is 21.2 Å². The first kappa shape index (κ1) is 14.9. The van der Waals surface area contributed by atoms with E-state index in [1.807, 2.05) is 55.5 Å². The number of anilines is 1. The van der Waals surface area contributed by atoms with Crippen LogP contribution in [0.1, 0.15) is 12.5 Å². The van der Waals surface area contributed by atoms with E-state index >= 15 is 0 Å². The minimum atomic E-state index is -0.602. The molecule has 0 amide bonds. The fraction of sp³-hybridized carbons (Fsp3) is 0.250. The summed E-state index contributed by atoms with van der Waals surface area (Å²) < 4.78 is 6.30. The highest BCUT2D eigenvalue weighted by Gasteiger charge is 2.28. The van der Waals surface area contributed by atoms with Crippen molar-refractivity contribution in [1.82, 2.24) is 0 Å². The number of halogens is 1. The normalized spacial score (nSPS) is 13.6. The molecular weight excluding hydrogens is 318 g/mol. The summed E-state index contributed by atoms with van der Waals surface area (Å²) in [4.78, 5) is 0. The average molecular weight is 336 g/mol. The van der Waals surface area contributed by atoms with Crippen LogP contribution in [0.15, 0.2) is 53.0 Å². The Bertz CT molecular complexity index is 588. The van der Waals surface area contributed by atoms with Crippen molar-refractivity contribution in [3.05, 3.63) is 58.6 Å². The second kappa shape index (κ2) is 6.29. The maximum atomic E-state index is 9.86. The molecule has 0 radical (unpaired) electrons. The smallest absolute Gasteiger partial charge is 0.141 e. The number of rotatable bonds is 5. The lowest BCUT2D eigenvalue weighted by Gasteiger charge is -2.32. The van der Waals surface area contributed by atoms with Crippen molar-refractivity contribution in [2.24, 2.45) is 0 Å². The Kier molecular flexibility index (Phi) is 4.68. The Morgan fingerprint density at radius 1 is 1.15 bits per heavy atom. The van der Waals surface area contributed by atoms with E-state index in [9.17, 15) is 5.11 Å². The van der Waals surface area contributed by atoms with Gasteiger partial charge in [-0.25, -0.2) is 0 Å². The molecule has 0 aromatic heterocycles. The van der Waals surface area contributed by atoms with Gasteiger partial charge in [-0.15, -0.1) is 0 Å². The quantitative estimate of drug-likeness (QED) is 0.873. The van der Waals surface area contributed by atoms with Crippen LogP contribution in [0.3, 0.4) is 0 Å². The highest BCUT2D eigenvalue weighted by molar-refractivity contribution is 9.10. The number of benzene rings is 2. The molecule has 4 heteroatoms. The second-order valence-corrected chi connectivity index (χ2v) is 5.65. The number of methoxy groups -OCH3 is 1. The third-order valence-corrected chi connectivity index (χ3v) is 3.99. The minimum Gasteiger partial charge on any atom is -0.495 e. The predicted octanol–water partition coefficient (Wildman–Crippen LogP) is 3.78. The SMILES string of the molecule is COc1ccccc1NC(C)(CO)c1ccccc1Br. The summed E-state index contributed by atoms with van der Waals surface area (Å²) in [5.74, 6) is 0.749. The number of para-hydroxylation sites is 2. The van der Waals surface area contributed by atoms with Crippen LogP contribution in [0.2, 0.25) is 0 Å². The lowest BCUT2D eigenvalue weighted by molar-refractivity contribution is 0.223. The molecule has 2 aromatic rings. The zero-order valence-electron chi connectivity index (χ0n) is 11.6. The van der Waals surface area contributed by atoms with Crippen molar-refractivity contribution in [3.63, 3.8) is 0 Å². The van der Waals surface area contributed by atoms with Gasteiger partial charge in [0.25, 0.3) is 0 Å². The van der Waals surface area contributed by atoms with Crippen LogP contribution in [0, 0.1) is 0 Å². The third-order valence-electron chi connectivity index (χ3n) is 3.30. The Morgan fingerprint density at radius 2 is 1.80 bits per heavy atom.